The summed E-state index contributed by atoms with van der Waals surface area (Å²) in [4.78, 5) is 0. The lowest BCUT2D eigenvalue weighted by atomic mass is 10.0. The van der Waals surface area contributed by atoms with Crippen molar-refractivity contribution in [3.63, 3.8) is 0 Å². The van der Waals surface area contributed by atoms with Crippen LogP contribution < -0.4 is 5.32 Å². The Morgan fingerprint density at radius 3 is 1.28 bits per heavy atom. The van der Waals surface area contributed by atoms with Crippen molar-refractivity contribution in [1.29, 1.82) is 0 Å². The van der Waals surface area contributed by atoms with Crippen LogP contribution in [-0.2, 0) is 6.54 Å². The fraction of sp³-hybridized carbons (Fsp3) is 0.806. The van der Waals surface area contributed by atoms with Crippen LogP contribution in [-0.4, -0.2) is 6.54 Å². The van der Waals surface area contributed by atoms with Gasteiger partial charge in [0.1, 0.15) is 0 Å². The van der Waals surface area contributed by atoms with Crippen LogP contribution in [0.15, 0.2) is 30.3 Å². The van der Waals surface area contributed by atoms with Gasteiger partial charge in [-0.25, -0.2) is 0 Å². The number of unbranched alkanes of at least 4 members (excludes halogenated alkanes) is 18. The average molecular weight is 444 g/mol. The Kier molecular flexibility index (Phi) is 21.3. The number of hydrogen-bond donors (Lipinski definition) is 1. The van der Waals surface area contributed by atoms with E-state index in [1.54, 1.807) is 0 Å². The molecule has 0 aliphatic carbocycles. The fourth-order valence-corrected chi connectivity index (χ4v) is 4.64. The lowest BCUT2D eigenvalue weighted by Crippen LogP contribution is -2.14. The van der Waals surface area contributed by atoms with Crippen molar-refractivity contribution >= 4 is 0 Å². The minimum atomic E-state index is 0.892. The van der Waals surface area contributed by atoms with Crippen LogP contribution in [0.3, 0.4) is 0 Å². The van der Waals surface area contributed by atoms with E-state index < -0.39 is 0 Å². The zero-order valence-corrected chi connectivity index (χ0v) is 22.0. The van der Waals surface area contributed by atoms with Gasteiger partial charge < -0.3 is 5.32 Å². The van der Waals surface area contributed by atoms with Gasteiger partial charge in [0.05, 0.1) is 0 Å². The molecule has 1 aromatic rings. The molecule has 32 heavy (non-hydrogen) atoms. The number of rotatable bonds is 24. The van der Waals surface area contributed by atoms with Gasteiger partial charge in [0, 0.05) is 6.54 Å². The van der Waals surface area contributed by atoms with Gasteiger partial charge in [0.25, 0.3) is 0 Å². The summed E-state index contributed by atoms with van der Waals surface area (Å²) in [7, 11) is 0. The molecule has 1 rings (SSSR count). The molecule has 0 atom stereocenters. The van der Waals surface area contributed by atoms with Crippen molar-refractivity contribution in [2.24, 2.45) is 5.92 Å². The number of nitrogens with one attached hydrogen (secondary N) is 1. The molecule has 1 heteroatoms. The molecule has 0 aliphatic rings. The van der Waals surface area contributed by atoms with Gasteiger partial charge in [0.15, 0.2) is 0 Å². The molecule has 0 bridgehead atoms. The van der Waals surface area contributed by atoms with Crippen LogP contribution in [0.1, 0.15) is 148 Å². The first kappa shape index (κ1) is 29.2. The minimum absolute atomic E-state index is 0.892. The zero-order valence-electron chi connectivity index (χ0n) is 22.0. The van der Waals surface area contributed by atoms with Crippen molar-refractivity contribution in [2.75, 3.05) is 6.54 Å². The van der Waals surface area contributed by atoms with Gasteiger partial charge in [-0.15, -0.1) is 0 Å². The molecule has 0 saturated heterocycles. The first-order chi connectivity index (χ1) is 15.8. The molecule has 0 aliphatic heterocycles. The Bertz CT molecular complexity index is 467. The second-order valence-electron chi connectivity index (χ2n) is 10.6. The van der Waals surface area contributed by atoms with Crippen molar-refractivity contribution in [3.8, 4) is 0 Å². The summed E-state index contributed by atoms with van der Waals surface area (Å²) < 4.78 is 0. The molecular formula is C31H57N. The lowest BCUT2D eigenvalue weighted by molar-refractivity contribution is 0.500. The molecule has 0 fully saturated rings. The largest absolute Gasteiger partial charge is 0.313 e. The third-order valence-electron chi connectivity index (χ3n) is 6.81. The maximum absolute atomic E-state index is 3.56. The molecule has 0 saturated carbocycles. The van der Waals surface area contributed by atoms with E-state index in [0.717, 1.165) is 19.0 Å². The third-order valence-corrected chi connectivity index (χ3v) is 6.81. The maximum atomic E-state index is 3.56. The quantitative estimate of drug-likeness (QED) is 0.157. The summed E-state index contributed by atoms with van der Waals surface area (Å²) in [5.74, 6) is 0.892. The summed E-state index contributed by atoms with van der Waals surface area (Å²) in [6.45, 7) is 6.86. The predicted molar refractivity (Wildman–Crippen MR) is 145 cm³/mol. The van der Waals surface area contributed by atoms with E-state index >= 15 is 0 Å². The molecule has 0 unspecified atom stereocenters. The summed E-state index contributed by atoms with van der Waals surface area (Å²) in [6.07, 6.45) is 29.1. The van der Waals surface area contributed by atoms with Crippen molar-refractivity contribution in [3.05, 3.63) is 35.9 Å². The van der Waals surface area contributed by atoms with Crippen LogP contribution in [0, 0.1) is 5.92 Å². The highest BCUT2D eigenvalue weighted by Gasteiger charge is 1.97. The fourth-order valence-electron chi connectivity index (χ4n) is 4.64. The van der Waals surface area contributed by atoms with Crippen LogP contribution in [0.5, 0.6) is 0 Å². The Labute approximate surface area is 202 Å². The van der Waals surface area contributed by atoms with Gasteiger partial charge in [-0.3, -0.25) is 0 Å². The molecule has 0 amide bonds. The smallest absolute Gasteiger partial charge is 0.0205 e. The van der Waals surface area contributed by atoms with Crippen LogP contribution in [0.25, 0.3) is 0 Å². The second-order valence-corrected chi connectivity index (χ2v) is 10.6. The van der Waals surface area contributed by atoms with E-state index in [2.05, 4.69) is 49.5 Å². The summed E-state index contributed by atoms with van der Waals surface area (Å²) in [6, 6.07) is 10.7. The van der Waals surface area contributed by atoms with Crippen molar-refractivity contribution in [1.82, 2.24) is 5.32 Å². The Balaban J connectivity index is 1.65. The molecule has 1 aromatic carbocycles. The van der Waals surface area contributed by atoms with E-state index in [-0.39, 0.29) is 0 Å². The van der Waals surface area contributed by atoms with Gasteiger partial charge in [-0.1, -0.05) is 166 Å². The molecular weight excluding hydrogens is 386 g/mol. The minimum Gasteiger partial charge on any atom is -0.313 e. The standard InChI is InChI=1S/C31H57N/c1-30(2)25-21-18-16-14-12-10-8-6-4-3-5-7-9-11-13-15-17-19-24-28-32-29-31-26-22-20-23-27-31/h20,22-23,26-27,30,32H,3-19,21,24-25,28-29H2,1-2H3. The highest BCUT2D eigenvalue weighted by Crippen LogP contribution is 2.15. The molecule has 0 radical (unpaired) electrons. The van der Waals surface area contributed by atoms with E-state index in [1.165, 1.54) is 134 Å². The number of benzene rings is 1. The molecule has 0 aromatic heterocycles. The monoisotopic (exact) mass is 443 g/mol. The highest BCUT2D eigenvalue weighted by atomic mass is 14.8. The van der Waals surface area contributed by atoms with Gasteiger partial charge in [0.2, 0.25) is 0 Å². The molecule has 1 nitrogen and oxygen atoms in total. The Morgan fingerprint density at radius 2 is 0.875 bits per heavy atom. The maximum Gasteiger partial charge on any atom is 0.0205 e. The van der Waals surface area contributed by atoms with Crippen molar-refractivity contribution < 1.29 is 0 Å². The van der Waals surface area contributed by atoms with E-state index in [9.17, 15) is 0 Å². The molecule has 186 valence electrons. The van der Waals surface area contributed by atoms with Crippen LogP contribution in [0.4, 0.5) is 0 Å². The average Bonchev–Trinajstić information content (AvgIpc) is 2.80. The van der Waals surface area contributed by atoms with E-state index in [1.807, 2.05) is 0 Å². The molecule has 1 N–H and O–H groups in total. The second kappa shape index (κ2) is 23.3. The van der Waals surface area contributed by atoms with Gasteiger partial charge in [-0.2, -0.15) is 0 Å². The van der Waals surface area contributed by atoms with Crippen LogP contribution in [0.2, 0.25) is 0 Å². The molecule has 0 heterocycles. The lowest BCUT2D eigenvalue weighted by Gasteiger charge is -2.05. The predicted octanol–water partition coefficient (Wildman–Crippen LogP) is 10.2. The summed E-state index contributed by atoms with van der Waals surface area (Å²) in [5, 5.41) is 3.56. The first-order valence-corrected chi connectivity index (χ1v) is 14.5. The van der Waals surface area contributed by atoms with Gasteiger partial charge >= 0.3 is 0 Å². The Hall–Kier alpha value is -0.820. The normalized spacial score (nSPS) is 11.5. The number of hydrogen-bond acceptors (Lipinski definition) is 1. The first-order valence-electron chi connectivity index (χ1n) is 14.5. The van der Waals surface area contributed by atoms with Crippen LogP contribution >= 0.6 is 0 Å². The highest BCUT2D eigenvalue weighted by molar-refractivity contribution is 5.14. The third kappa shape index (κ3) is 21.0. The summed E-state index contributed by atoms with van der Waals surface area (Å²) in [5.41, 5.74) is 1.39. The van der Waals surface area contributed by atoms with E-state index in [4.69, 9.17) is 0 Å². The van der Waals surface area contributed by atoms with E-state index in [0.29, 0.717) is 0 Å². The summed E-state index contributed by atoms with van der Waals surface area (Å²) >= 11 is 0. The SMILES string of the molecule is CC(C)CCCCCCCCCCCCCCCCCCCCCNCc1ccccc1. The topological polar surface area (TPSA) is 12.0 Å². The molecule has 0 spiro atoms. The van der Waals surface area contributed by atoms with Gasteiger partial charge in [-0.05, 0) is 24.4 Å². The Morgan fingerprint density at radius 1 is 0.500 bits per heavy atom. The van der Waals surface area contributed by atoms with Crippen molar-refractivity contribution in [2.45, 2.75) is 149 Å². The zero-order chi connectivity index (χ0) is 23.0.